The van der Waals surface area contributed by atoms with Crippen LogP contribution in [0, 0.1) is 6.92 Å². The van der Waals surface area contributed by atoms with Gasteiger partial charge >= 0.3 is 0 Å². The lowest BCUT2D eigenvalue weighted by molar-refractivity contribution is -0.143. The molecule has 1 aromatic heterocycles. The molecule has 2 aromatic carbocycles. The summed E-state index contributed by atoms with van der Waals surface area (Å²) in [6, 6.07) is 14.8. The molecular formula is C19H17ClN4O2. The number of rotatable bonds is 4. The molecule has 1 fully saturated rings. The molecule has 132 valence electrons. The minimum absolute atomic E-state index is 0.193. The molecule has 1 aliphatic rings. The third kappa shape index (κ3) is 2.72. The Balaban J connectivity index is 1.63. The molecule has 2 unspecified atom stereocenters. The van der Waals surface area contributed by atoms with Gasteiger partial charge in [-0.25, -0.2) is 15.0 Å². The predicted octanol–water partition coefficient (Wildman–Crippen LogP) is 3.46. The molecule has 4 rings (SSSR count). The van der Waals surface area contributed by atoms with Crippen LogP contribution in [0.25, 0.3) is 11.0 Å². The van der Waals surface area contributed by atoms with Crippen molar-refractivity contribution in [2.75, 3.05) is 12.5 Å². The molecule has 1 amide bonds. The largest absolute Gasteiger partial charge is 0.497 e. The maximum Gasteiger partial charge on any atom is 0.262 e. The minimum Gasteiger partial charge on any atom is -0.497 e. The highest BCUT2D eigenvalue weighted by molar-refractivity contribution is 6.33. The molecule has 1 saturated heterocycles. The van der Waals surface area contributed by atoms with E-state index in [-0.39, 0.29) is 11.9 Å². The normalized spacial score (nSPS) is 19.3. The number of benzene rings is 2. The van der Waals surface area contributed by atoms with E-state index in [1.807, 2.05) is 55.5 Å². The Morgan fingerprint density at radius 3 is 2.38 bits per heavy atom. The van der Waals surface area contributed by atoms with Gasteiger partial charge in [0.15, 0.2) is 5.82 Å². The van der Waals surface area contributed by atoms with Gasteiger partial charge in [-0.15, -0.1) is 11.6 Å². The lowest BCUT2D eigenvalue weighted by Gasteiger charge is -2.44. The molecule has 0 radical (unpaired) electrons. The van der Waals surface area contributed by atoms with Crippen LogP contribution in [0.15, 0.2) is 48.5 Å². The first-order chi connectivity index (χ1) is 12.6. The summed E-state index contributed by atoms with van der Waals surface area (Å²) in [5, 5.41) is 0.884. The molecule has 7 heteroatoms. The first kappa shape index (κ1) is 16.6. The maximum atomic E-state index is 12.3. The van der Waals surface area contributed by atoms with E-state index in [9.17, 15) is 4.79 Å². The van der Waals surface area contributed by atoms with E-state index in [4.69, 9.17) is 16.3 Å². The number of halogens is 1. The number of aryl methyl sites for hydroxylation is 1. The van der Waals surface area contributed by atoms with Gasteiger partial charge < -0.3 is 4.74 Å². The topological polar surface area (TPSA) is 67.3 Å². The van der Waals surface area contributed by atoms with E-state index in [1.54, 1.807) is 7.11 Å². The van der Waals surface area contributed by atoms with E-state index in [0.717, 1.165) is 22.3 Å². The zero-order chi connectivity index (χ0) is 18.3. The number of fused-ring (bicyclic) bond motifs is 1. The van der Waals surface area contributed by atoms with Gasteiger partial charge in [-0.1, -0.05) is 24.3 Å². The molecule has 0 saturated carbocycles. The highest BCUT2D eigenvalue weighted by atomic mass is 35.5. The number of carbonyl (C=O) groups is 1. The summed E-state index contributed by atoms with van der Waals surface area (Å²) < 4.78 is 5.18. The average molecular weight is 369 g/mol. The van der Waals surface area contributed by atoms with Crippen molar-refractivity contribution in [2.24, 2.45) is 0 Å². The number of nitrogens with one attached hydrogen (secondary N) is 1. The third-order valence-electron chi connectivity index (χ3n) is 4.46. The van der Waals surface area contributed by atoms with Gasteiger partial charge in [0, 0.05) is 0 Å². The van der Waals surface area contributed by atoms with E-state index in [0.29, 0.717) is 11.5 Å². The standard InChI is InChI=1S/C19H17ClN4O2/c1-11-18(22-15-6-4-3-5-14(15)21-11)23-24-17(16(20)19(24)25)12-7-9-13(26-2)10-8-12/h3-10,16-17H,1-2H3,(H,22,23). The van der Waals surface area contributed by atoms with E-state index in [1.165, 1.54) is 5.01 Å². The van der Waals surface area contributed by atoms with Crippen molar-refractivity contribution in [1.82, 2.24) is 15.0 Å². The van der Waals surface area contributed by atoms with Gasteiger partial charge in [0.2, 0.25) is 0 Å². The summed E-state index contributed by atoms with van der Waals surface area (Å²) in [5.41, 5.74) is 6.30. The fraction of sp³-hybridized carbons (Fsp3) is 0.211. The summed E-state index contributed by atoms with van der Waals surface area (Å²) in [7, 11) is 1.61. The number of hydrazine groups is 1. The number of ether oxygens (including phenoxy) is 1. The monoisotopic (exact) mass is 368 g/mol. The van der Waals surface area contributed by atoms with Crippen LogP contribution in [0.4, 0.5) is 5.82 Å². The van der Waals surface area contributed by atoms with E-state index in [2.05, 4.69) is 15.4 Å². The van der Waals surface area contributed by atoms with Crippen LogP contribution in [0.3, 0.4) is 0 Å². The number of aromatic nitrogens is 2. The van der Waals surface area contributed by atoms with Crippen molar-refractivity contribution in [3.8, 4) is 5.75 Å². The van der Waals surface area contributed by atoms with Crippen molar-refractivity contribution < 1.29 is 9.53 Å². The lowest BCUT2D eigenvalue weighted by atomic mass is 9.95. The van der Waals surface area contributed by atoms with Crippen LogP contribution in [0.5, 0.6) is 5.75 Å². The number of amides is 1. The fourth-order valence-electron chi connectivity index (χ4n) is 3.01. The van der Waals surface area contributed by atoms with Gasteiger partial charge in [0.05, 0.1) is 23.8 Å². The van der Waals surface area contributed by atoms with Gasteiger partial charge in [-0.2, -0.15) is 0 Å². The number of hydrogen-bond acceptors (Lipinski definition) is 5. The summed E-state index contributed by atoms with van der Waals surface area (Å²) in [6.07, 6.45) is 0. The zero-order valence-corrected chi connectivity index (χ0v) is 15.1. The van der Waals surface area contributed by atoms with Crippen molar-refractivity contribution in [3.63, 3.8) is 0 Å². The van der Waals surface area contributed by atoms with Gasteiger partial charge in [0.25, 0.3) is 5.91 Å². The first-order valence-electron chi connectivity index (χ1n) is 8.19. The molecule has 1 aliphatic heterocycles. The van der Waals surface area contributed by atoms with Crippen LogP contribution < -0.4 is 10.2 Å². The van der Waals surface area contributed by atoms with E-state index < -0.39 is 5.38 Å². The highest BCUT2D eigenvalue weighted by Crippen LogP contribution is 2.39. The van der Waals surface area contributed by atoms with Crippen LogP contribution in [-0.2, 0) is 4.79 Å². The Morgan fingerprint density at radius 1 is 1.08 bits per heavy atom. The Kier molecular flexibility index (Phi) is 4.12. The average Bonchev–Trinajstić information content (AvgIpc) is 2.68. The molecule has 0 aliphatic carbocycles. The van der Waals surface area contributed by atoms with Crippen LogP contribution in [0.2, 0.25) is 0 Å². The van der Waals surface area contributed by atoms with Crippen molar-refractivity contribution >= 4 is 34.4 Å². The van der Waals surface area contributed by atoms with Crippen molar-refractivity contribution in [1.29, 1.82) is 0 Å². The Hall–Kier alpha value is -2.86. The molecule has 3 aromatic rings. The van der Waals surface area contributed by atoms with Gasteiger partial charge in [-0.3, -0.25) is 10.2 Å². The summed E-state index contributed by atoms with van der Waals surface area (Å²) in [6.45, 7) is 1.85. The fourth-order valence-corrected chi connectivity index (χ4v) is 3.37. The molecule has 26 heavy (non-hydrogen) atoms. The quantitative estimate of drug-likeness (QED) is 0.564. The SMILES string of the molecule is COc1ccc(C2C(Cl)C(=O)N2Nc2nc3ccccc3nc2C)cc1. The number of para-hydroxylation sites is 2. The number of β-lactam (4-membered cyclic amide) rings is 1. The molecule has 6 nitrogen and oxygen atoms in total. The molecule has 0 spiro atoms. The van der Waals surface area contributed by atoms with Crippen molar-refractivity contribution in [2.45, 2.75) is 18.3 Å². The number of methoxy groups -OCH3 is 1. The number of carbonyl (C=O) groups excluding carboxylic acids is 1. The van der Waals surface area contributed by atoms with Crippen LogP contribution in [-0.4, -0.2) is 33.4 Å². The lowest BCUT2D eigenvalue weighted by Crippen LogP contribution is -2.58. The molecule has 2 atom stereocenters. The van der Waals surface area contributed by atoms with Crippen LogP contribution >= 0.6 is 11.6 Å². The number of hydrogen-bond donors (Lipinski definition) is 1. The molecule has 1 N–H and O–H groups in total. The number of anilines is 1. The van der Waals surface area contributed by atoms with Gasteiger partial charge in [0.1, 0.15) is 17.2 Å². The predicted molar refractivity (Wildman–Crippen MR) is 100 cm³/mol. The maximum absolute atomic E-state index is 12.3. The summed E-state index contributed by atoms with van der Waals surface area (Å²) in [4.78, 5) is 21.4. The second kappa shape index (κ2) is 6.46. The Labute approximate surface area is 155 Å². The Bertz CT molecular complexity index is 977. The zero-order valence-electron chi connectivity index (χ0n) is 14.3. The Morgan fingerprint density at radius 2 is 1.73 bits per heavy atom. The first-order valence-corrected chi connectivity index (χ1v) is 8.63. The molecular weight excluding hydrogens is 352 g/mol. The highest BCUT2D eigenvalue weighted by Gasteiger charge is 2.48. The number of nitrogens with zero attached hydrogens (tertiary/aromatic N) is 3. The van der Waals surface area contributed by atoms with Crippen LogP contribution in [0.1, 0.15) is 17.3 Å². The molecule has 2 heterocycles. The summed E-state index contributed by atoms with van der Waals surface area (Å²) in [5.74, 6) is 1.10. The molecule has 0 bridgehead atoms. The smallest absolute Gasteiger partial charge is 0.262 e. The van der Waals surface area contributed by atoms with Crippen molar-refractivity contribution in [3.05, 3.63) is 59.8 Å². The second-order valence-corrected chi connectivity index (χ2v) is 6.56. The second-order valence-electron chi connectivity index (χ2n) is 6.09. The number of alkyl halides is 1. The van der Waals surface area contributed by atoms with E-state index >= 15 is 0 Å². The summed E-state index contributed by atoms with van der Waals surface area (Å²) >= 11 is 6.27. The third-order valence-corrected chi connectivity index (χ3v) is 4.88. The van der Waals surface area contributed by atoms with Gasteiger partial charge in [-0.05, 0) is 36.8 Å². The minimum atomic E-state index is -0.621.